The number of amides is 1. The lowest BCUT2D eigenvalue weighted by Crippen LogP contribution is -2.48. The lowest BCUT2D eigenvalue weighted by Gasteiger charge is -2.34. The molecule has 0 aliphatic carbocycles. The fourth-order valence-corrected chi connectivity index (χ4v) is 4.54. The molecule has 1 aromatic carbocycles. The highest BCUT2D eigenvalue weighted by Gasteiger charge is 2.44. The molecule has 2 aliphatic heterocycles. The maximum absolute atomic E-state index is 13.3. The van der Waals surface area contributed by atoms with E-state index in [0.29, 0.717) is 22.3 Å². The van der Waals surface area contributed by atoms with Crippen LogP contribution in [0.5, 0.6) is 11.5 Å². The first kappa shape index (κ1) is 30.7. The Hall–Kier alpha value is -2.88. The van der Waals surface area contributed by atoms with Crippen LogP contribution in [0.15, 0.2) is 35.3 Å². The number of benzene rings is 1. The van der Waals surface area contributed by atoms with Crippen LogP contribution in [0.4, 0.5) is 22.7 Å². The highest BCUT2D eigenvalue weighted by molar-refractivity contribution is 7.97. The highest BCUT2D eigenvalue weighted by atomic mass is 32.2. The summed E-state index contributed by atoms with van der Waals surface area (Å²) in [5.41, 5.74) is 6.13. The fourth-order valence-electron chi connectivity index (χ4n) is 3.66. The van der Waals surface area contributed by atoms with Gasteiger partial charge in [0.25, 0.3) is 11.5 Å². The van der Waals surface area contributed by atoms with E-state index in [1.165, 1.54) is 12.1 Å². The molecule has 0 bridgehead atoms. The van der Waals surface area contributed by atoms with Gasteiger partial charge in [-0.2, -0.15) is 11.8 Å². The average molecular weight is 592 g/mol. The van der Waals surface area contributed by atoms with Crippen molar-refractivity contribution < 1.29 is 31.8 Å². The average Bonchev–Trinajstić information content (AvgIpc) is 3.39. The number of nitrogens with two attached hydrogens (primary N) is 1. The molecule has 0 radical (unpaired) electrons. The Morgan fingerprint density at radius 1 is 1.23 bits per heavy atom. The number of rotatable bonds is 4. The van der Waals surface area contributed by atoms with Gasteiger partial charge in [0.1, 0.15) is 0 Å². The largest absolute Gasteiger partial charge is 0.586 e. The van der Waals surface area contributed by atoms with Crippen molar-refractivity contribution >= 4 is 44.4 Å². The second kappa shape index (κ2) is 13.0. The molecule has 214 valence electrons. The summed E-state index contributed by atoms with van der Waals surface area (Å²) in [7, 11) is 0. The summed E-state index contributed by atoms with van der Waals surface area (Å²) < 4.78 is 62.0. The van der Waals surface area contributed by atoms with Gasteiger partial charge in [0.2, 0.25) is 5.91 Å². The maximum atomic E-state index is 13.3. The Labute approximate surface area is 230 Å². The number of alkyl halides is 4. The number of halogens is 4. The number of H-pyrrole nitrogens is 1. The third-order valence-electron chi connectivity index (χ3n) is 5.72. The van der Waals surface area contributed by atoms with Crippen molar-refractivity contribution in [1.29, 1.82) is 0 Å². The summed E-state index contributed by atoms with van der Waals surface area (Å²) in [5, 5.41) is 2.93. The first-order valence-corrected chi connectivity index (χ1v) is 14.2. The number of aromatic nitrogens is 2. The molecule has 1 atom stereocenters. The number of pyridine rings is 1. The zero-order valence-corrected chi connectivity index (χ0v) is 23.1. The molecule has 1 amide bonds. The topological polar surface area (TPSA) is 123 Å². The molecule has 4 heterocycles. The van der Waals surface area contributed by atoms with Crippen molar-refractivity contribution in [3.63, 3.8) is 0 Å². The molecule has 15 heteroatoms. The van der Waals surface area contributed by atoms with Crippen LogP contribution < -0.4 is 26.1 Å². The van der Waals surface area contributed by atoms with Gasteiger partial charge in [-0.05, 0) is 25.5 Å². The molecule has 5 rings (SSSR count). The number of hydrogen-bond acceptors (Lipinski definition) is 9. The van der Waals surface area contributed by atoms with Crippen LogP contribution in [0.1, 0.15) is 25.3 Å². The zero-order valence-electron chi connectivity index (χ0n) is 21.4. The minimum absolute atomic E-state index is 0.0972. The van der Waals surface area contributed by atoms with Crippen molar-refractivity contribution in [2.24, 2.45) is 5.73 Å². The first-order valence-electron chi connectivity index (χ1n) is 11.8. The molecule has 2 aliphatic rings. The number of thioether (sulfide) groups is 1. The number of thiazole rings is 1. The number of likely N-dealkylation sites (tertiary alicyclic amines) is 1. The van der Waals surface area contributed by atoms with Crippen LogP contribution in [0.3, 0.4) is 0 Å². The van der Waals surface area contributed by atoms with Crippen LogP contribution in [0.2, 0.25) is 0 Å². The Kier molecular flexibility index (Phi) is 10.2. The predicted octanol–water partition coefficient (Wildman–Crippen LogP) is 4.49. The van der Waals surface area contributed by atoms with Crippen LogP contribution in [-0.2, 0) is 11.3 Å². The van der Waals surface area contributed by atoms with E-state index in [0.717, 1.165) is 11.3 Å². The van der Waals surface area contributed by atoms with E-state index in [4.69, 9.17) is 5.73 Å². The van der Waals surface area contributed by atoms with Crippen LogP contribution in [-0.4, -0.2) is 64.6 Å². The van der Waals surface area contributed by atoms with Gasteiger partial charge in [-0.15, -0.1) is 8.78 Å². The Bertz CT molecular complexity index is 1280. The van der Waals surface area contributed by atoms with Gasteiger partial charge < -0.3 is 25.5 Å². The summed E-state index contributed by atoms with van der Waals surface area (Å²) >= 11 is 2.84. The van der Waals surface area contributed by atoms with E-state index >= 15 is 0 Å². The van der Waals surface area contributed by atoms with E-state index in [2.05, 4.69) is 24.8 Å². The van der Waals surface area contributed by atoms with Crippen LogP contribution in [0.25, 0.3) is 10.2 Å². The number of nitrogens with one attached hydrogen (secondary N) is 2. The fraction of sp³-hybridized carbons (Fsp3) is 0.458. The minimum Gasteiger partial charge on any atom is -0.395 e. The van der Waals surface area contributed by atoms with E-state index in [-0.39, 0.29) is 54.0 Å². The van der Waals surface area contributed by atoms with E-state index in [1.54, 1.807) is 41.9 Å². The quantitative estimate of drug-likeness (QED) is 0.380. The molecular weight excluding hydrogens is 562 g/mol. The van der Waals surface area contributed by atoms with Gasteiger partial charge in [0.15, 0.2) is 16.6 Å². The zero-order chi connectivity index (χ0) is 28.8. The minimum atomic E-state index is -3.70. The lowest BCUT2D eigenvalue weighted by atomic mass is 10.1. The normalized spacial score (nSPS) is 17.8. The van der Waals surface area contributed by atoms with Gasteiger partial charge >= 0.3 is 6.29 Å². The smallest absolute Gasteiger partial charge is 0.395 e. The third kappa shape index (κ3) is 8.30. The molecule has 39 heavy (non-hydrogen) atoms. The van der Waals surface area contributed by atoms with Crippen molar-refractivity contribution in [2.45, 2.75) is 44.6 Å². The van der Waals surface area contributed by atoms with E-state index < -0.39 is 18.3 Å². The molecular formula is C24H29F4N5O4S2. The molecule has 2 aromatic heterocycles. The number of ether oxygens (including phenoxy) is 2. The van der Waals surface area contributed by atoms with Gasteiger partial charge in [-0.25, -0.2) is 13.8 Å². The number of aromatic amines is 1. The summed E-state index contributed by atoms with van der Waals surface area (Å²) in [4.78, 5) is 31.5. The summed E-state index contributed by atoms with van der Waals surface area (Å²) in [6, 6.07) is 5.55. The van der Waals surface area contributed by atoms with Crippen LogP contribution in [0, 0.1) is 0 Å². The molecule has 4 N–H and O–H groups in total. The maximum Gasteiger partial charge on any atom is 0.586 e. The SMILES string of the molecule is CC(C(=O)Nc1nc2cc3c(cc2s1)OC(F)(F)O3)N1CCC(F)(F)CC1.CSC.NCc1ccc[nH]c1=O. The van der Waals surface area contributed by atoms with E-state index in [9.17, 15) is 27.2 Å². The van der Waals surface area contributed by atoms with E-state index in [1.807, 2.05) is 12.5 Å². The molecule has 1 unspecified atom stereocenters. The standard InChI is InChI=1S/C16H15F4N3O3S.C6H8N2O.C2H6S/c1-8(23-4-2-15(17,18)3-5-23)13(24)22-14-21-9-6-10-11(7-12(9)27-14)26-16(19,20)25-10;7-4-5-2-1-3-8-6(5)9;1-3-2/h6-8H,2-5H2,1H3,(H,21,22,24);1-3H,4,7H2,(H,8,9);1-2H3. The Balaban J connectivity index is 0.000000293. The van der Waals surface area contributed by atoms with Crippen LogP contribution >= 0.6 is 23.1 Å². The Morgan fingerprint density at radius 2 is 1.85 bits per heavy atom. The highest BCUT2D eigenvalue weighted by Crippen LogP contribution is 2.44. The summed E-state index contributed by atoms with van der Waals surface area (Å²) in [5.74, 6) is -3.28. The van der Waals surface area contributed by atoms with Gasteiger partial charge in [-0.1, -0.05) is 17.4 Å². The number of hydrogen-bond donors (Lipinski definition) is 3. The summed E-state index contributed by atoms with van der Waals surface area (Å²) in [6.07, 6.45) is 1.41. The van der Waals surface area contributed by atoms with Gasteiger partial charge in [0, 0.05) is 56.4 Å². The third-order valence-corrected chi connectivity index (χ3v) is 6.65. The lowest BCUT2D eigenvalue weighted by molar-refractivity contribution is -0.286. The number of nitrogens with zero attached hydrogens (tertiary/aromatic N) is 2. The molecule has 9 nitrogen and oxygen atoms in total. The number of carbonyl (C=O) groups is 1. The van der Waals surface area contributed by atoms with Crippen molar-refractivity contribution in [3.8, 4) is 11.5 Å². The van der Waals surface area contributed by atoms with Crippen molar-refractivity contribution in [2.75, 3.05) is 30.9 Å². The monoisotopic (exact) mass is 591 g/mol. The first-order chi connectivity index (χ1) is 18.4. The number of carbonyl (C=O) groups excluding carboxylic acids is 1. The molecule has 1 fully saturated rings. The molecule has 1 saturated heterocycles. The van der Waals surface area contributed by atoms with Crippen molar-refractivity contribution in [3.05, 3.63) is 46.4 Å². The second-order valence-electron chi connectivity index (χ2n) is 8.65. The molecule has 0 saturated carbocycles. The molecule has 3 aromatic rings. The van der Waals surface area contributed by atoms with Crippen molar-refractivity contribution in [1.82, 2.24) is 14.9 Å². The number of fused-ring (bicyclic) bond motifs is 2. The predicted molar refractivity (Wildman–Crippen MR) is 144 cm³/mol. The summed E-state index contributed by atoms with van der Waals surface area (Å²) in [6.45, 7) is 2.22. The van der Waals surface area contributed by atoms with Gasteiger partial charge in [-0.3, -0.25) is 14.5 Å². The van der Waals surface area contributed by atoms with Gasteiger partial charge in [0.05, 0.1) is 16.3 Å². The Morgan fingerprint density at radius 3 is 2.41 bits per heavy atom. The number of piperidine rings is 1. The second-order valence-corrected chi connectivity index (χ2v) is 10.5. The number of anilines is 1. The molecule has 0 spiro atoms.